The Morgan fingerprint density at radius 2 is 1.44 bits per heavy atom. The number of carbonyl (C=O) groups excluding carboxylic acids is 2. The van der Waals surface area contributed by atoms with E-state index < -0.39 is 11.9 Å². The van der Waals surface area contributed by atoms with Gasteiger partial charge in [0.25, 0.3) is 0 Å². The Morgan fingerprint density at radius 1 is 1.00 bits per heavy atom. The maximum absolute atomic E-state index is 11.7. The van der Waals surface area contributed by atoms with Crippen LogP contribution in [0, 0.1) is 0 Å². The van der Waals surface area contributed by atoms with Crippen molar-refractivity contribution in [2.45, 2.75) is 27.3 Å². The molecule has 0 aliphatic heterocycles. The van der Waals surface area contributed by atoms with Gasteiger partial charge in [0.05, 0.1) is 13.2 Å². The molecule has 0 bridgehead atoms. The second kappa shape index (κ2) is 6.74. The fraction of sp³-hybridized carbons (Fsp3) is 0.462. The molecule has 98 valence electrons. The average Bonchev–Trinajstić information content (AvgIpc) is 2.38. The van der Waals surface area contributed by atoms with Crippen LogP contribution in [-0.2, 0) is 16.0 Å². The Morgan fingerprint density at radius 3 is 1.78 bits per heavy atom. The van der Waals surface area contributed by atoms with E-state index in [0.29, 0.717) is 30.9 Å². The van der Waals surface area contributed by atoms with Crippen molar-refractivity contribution >= 4 is 11.9 Å². The number of hydrogen-bond acceptors (Lipinski definition) is 4. The van der Waals surface area contributed by atoms with E-state index in [2.05, 4.69) is 0 Å². The number of hydrogen-bond donors (Lipinski definition) is 0. The van der Waals surface area contributed by atoms with E-state index in [9.17, 15) is 9.59 Å². The van der Waals surface area contributed by atoms with Gasteiger partial charge in [0.1, 0.15) is 17.7 Å². The second-order valence-corrected chi connectivity index (χ2v) is 3.58. The molecule has 0 saturated carbocycles. The lowest BCUT2D eigenvalue weighted by atomic mass is 10.2. The van der Waals surface area contributed by atoms with Crippen LogP contribution in [0.3, 0.4) is 0 Å². The second-order valence-electron chi connectivity index (χ2n) is 3.58. The van der Waals surface area contributed by atoms with E-state index in [1.165, 1.54) is 6.07 Å². The van der Waals surface area contributed by atoms with Crippen molar-refractivity contribution in [3.63, 3.8) is 0 Å². The number of aryl methyl sites for hydroxylation is 1. The zero-order chi connectivity index (χ0) is 13.5. The van der Waals surface area contributed by atoms with Gasteiger partial charge in [-0.05, 0) is 26.8 Å². The first kappa shape index (κ1) is 14.2. The molecule has 0 aliphatic carbocycles. The maximum atomic E-state index is 11.7. The largest absolute Gasteiger partial charge is 0.462 e. The predicted molar refractivity (Wildman–Crippen MR) is 64.2 cm³/mol. The topological polar surface area (TPSA) is 56.5 Å². The summed E-state index contributed by atoms with van der Waals surface area (Å²) in [5.74, 6) is -0.878. The zero-order valence-corrected chi connectivity index (χ0v) is 10.9. The van der Waals surface area contributed by atoms with Crippen LogP contribution in [0.4, 0.5) is 0 Å². The smallest absolute Gasteiger partial charge is 0.344 e. The predicted octanol–water partition coefficient (Wildman–Crippen LogP) is 1.35. The molecular weight excluding hydrogens is 234 g/mol. The quantitative estimate of drug-likeness (QED) is 0.586. The van der Waals surface area contributed by atoms with Gasteiger partial charge in [-0.15, -0.1) is 0 Å². The molecule has 0 saturated heterocycles. The zero-order valence-electron chi connectivity index (χ0n) is 10.9. The number of pyridine rings is 1. The van der Waals surface area contributed by atoms with Crippen LogP contribution in [0.25, 0.3) is 0 Å². The van der Waals surface area contributed by atoms with E-state index in [0.717, 1.165) is 0 Å². The van der Waals surface area contributed by atoms with Crippen molar-refractivity contribution in [3.8, 4) is 0 Å². The number of ether oxygens (including phenoxy) is 2. The summed E-state index contributed by atoms with van der Waals surface area (Å²) in [6.07, 6.45) is 3.31. The van der Waals surface area contributed by atoms with E-state index in [4.69, 9.17) is 9.47 Å². The average molecular weight is 252 g/mol. The van der Waals surface area contributed by atoms with Crippen molar-refractivity contribution in [3.05, 3.63) is 29.6 Å². The molecule has 18 heavy (non-hydrogen) atoms. The Hall–Kier alpha value is -1.91. The first-order chi connectivity index (χ1) is 8.62. The minimum absolute atomic E-state index is 0.300. The monoisotopic (exact) mass is 252 g/mol. The SMILES string of the molecule is CCOC(=O)c1cc(C(=O)OCC)c[n+](CC)c1. The standard InChI is InChI=1S/C13H18NO4/c1-4-14-8-10(12(15)17-5-2)7-11(9-14)13(16)18-6-3/h7-9H,4-6H2,1-3H3/q+1. The van der Waals surface area contributed by atoms with Crippen LogP contribution in [0.1, 0.15) is 41.5 Å². The Balaban J connectivity index is 3.08. The summed E-state index contributed by atoms with van der Waals surface area (Å²) in [6, 6.07) is 1.49. The molecule has 0 fully saturated rings. The lowest BCUT2D eigenvalue weighted by Gasteiger charge is -2.04. The summed E-state index contributed by atoms with van der Waals surface area (Å²) in [7, 11) is 0. The van der Waals surface area contributed by atoms with E-state index in [1.54, 1.807) is 30.8 Å². The maximum Gasteiger partial charge on any atom is 0.344 e. The fourth-order valence-corrected chi connectivity index (χ4v) is 1.47. The summed E-state index contributed by atoms with van der Waals surface area (Å²) in [5.41, 5.74) is 0.702. The highest BCUT2D eigenvalue weighted by atomic mass is 16.5. The molecule has 0 aliphatic rings. The first-order valence-corrected chi connectivity index (χ1v) is 6.00. The van der Waals surface area contributed by atoms with Gasteiger partial charge in [-0.25, -0.2) is 14.2 Å². The summed E-state index contributed by atoms with van der Waals surface area (Å²) in [5, 5.41) is 0. The lowest BCUT2D eigenvalue weighted by Crippen LogP contribution is -2.34. The third-order valence-electron chi connectivity index (χ3n) is 2.31. The summed E-state index contributed by atoms with van der Waals surface area (Å²) in [4.78, 5) is 23.3. The normalized spacial score (nSPS) is 9.94. The highest BCUT2D eigenvalue weighted by Crippen LogP contribution is 2.05. The number of carbonyl (C=O) groups is 2. The number of esters is 2. The van der Waals surface area contributed by atoms with Gasteiger partial charge in [-0.3, -0.25) is 0 Å². The van der Waals surface area contributed by atoms with Gasteiger partial charge in [0.15, 0.2) is 12.4 Å². The molecule has 1 heterocycles. The molecular formula is C13H18NO4+. The molecule has 1 aromatic rings. The van der Waals surface area contributed by atoms with Gasteiger partial charge in [0.2, 0.25) is 0 Å². The molecule has 0 unspecified atom stereocenters. The third kappa shape index (κ3) is 3.55. The van der Waals surface area contributed by atoms with Crippen molar-refractivity contribution in [2.24, 2.45) is 0 Å². The molecule has 0 amide bonds. The van der Waals surface area contributed by atoms with Gasteiger partial charge >= 0.3 is 11.9 Å². The fourth-order valence-electron chi connectivity index (χ4n) is 1.47. The highest BCUT2D eigenvalue weighted by Gasteiger charge is 2.18. The number of rotatable bonds is 5. The first-order valence-electron chi connectivity index (χ1n) is 6.00. The summed E-state index contributed by atoms with van der Waals surface area (Å²) >= 11 is 0. The number of nitrogens with zero attached hydrogens (tertiary/aromatic N) is 1. The van der Waals surface area contributed by atoms with Gasteiger partial charge < -0.3 is 9.47 Å². The van der Waals surface area contributed by atoms with Gasteiger partial charge in [0, 0.05) is 0 Å². The van der Waals surface area contributed by atoms with Crippen LogP contribution < -0.4 is 4.57 Å². The van der Waals surface area contributed by atoms with Crippen molar-refractivity contribution in [1.29, 1.82) is 0 Å². The van der Waals surface area contributed by atoms with E-state index in [-0.39, 0.29) is 0 Å². The third-order valence-corrected chi connectivity index (χ3v) is 2.31. The van der Waals surface area contributed by atoms with E-state index in [1.807, 2.05) is 6.92 Å². The Kier molecular flexibility index (Phi) is 5.30. The van der Waals surface area contributed by atoms with Crippen LogP contribution in [0.15, 0.2) is 18.5 Å². The molecule has 0 radical (unpaired) electrons. The van der Waals surface area contributed by atoms with E-state index >= 15 is 0 Å². The molecule has 1 rings (SSSR count). The minimum Gasteiger partial charge on any atom is -0.462 e. The Labute approximate surface area is 106 Å². The molecule has 0 N–H and O–H groups in total. The van der Waals surface area contributed by atoms with Gasteiger partial charge in [-0.2, -0.15) is 0 Å². The molecule has 5 heteroatoms. The lowest BCUT2D eigenvalue weighted by molar-refractivity contribution is -0.693. The van der Waals surface area contributed by atoms with Crippen molar-refractivity contribution in [1.82, 2.24) is 0 Å². The highest BCUT2D eigenvalue weighted by molar-refractivity contribution is 5.94. The van der Waals surface area contributed by atoms with Crippen molar-refractivity contribution < 1.29 is 23.6 Å². The molecule has 1 aromatic heterocycles. The van der Waals surface area contributed by atoms with Crippen LogP contribution in [-0.4, -0.2) is 25.2 Å². The molecule has 0 spiro atoms. The van der Waals surface area contributed by atoms with Crippen LogP contribution >= 0.6 is 0 Å². The van der Waals surface area contributed by atoms with Crippen LogP contribution in [0.2, 0.25) is 0 Å². The molecule has 0 aromatic carbocycles. The van der Waals surface area contributed by atoms with Crippen LogP contribution in [0.5, 0.6) is 0 Å². The minimum atomic E-state index is -0.439. The molecule has 0 atom stereocenters. The number of aromatic nitrogens is 1. The van der Waals surface area contributed by atoms with Crippen molar-refractivity contribution in [2.75, 3.05) is 13.2 Å². The summed E-state index contributed by atoms with van der Waals surface area (Å²) < 4.78 is 11.6. The molecule has 5 nitrogen and oxygen atoms in total. The summed E-state index contributed by atoms with van der Waals surface area (Å²) in [6.45, 7) is 6.65. The Bertz CT molecular complexity index is 406. The van der Waals surface area contributed by atoms with Gasteiger partial charge in [-0.1, -0.05) is 0 Å².